The first-order valence-corrected chi connectivity index (χ1v) is 12.4. The second kappa shape index (κ2) is 8.06. The van der Waals surface area contributed by atoms with Crippen LogP contribution in [0.4, 0.5) is 10.5 Å². The maximum absolute atomic E-state index is 13.5. The van der Waals surface area contributed by atoms with Crippen LogP contribution < -0.4 is 4.90 Å². The van der Waals surface area contributed by atoms with Crippen LogP contribution in [0.1, 0.15) is 24.0 Å². The molecule has 0 atom stereocenters. The normalized spacial score (nSPS) is 17.9. The van der Waals surface area contributed by atoms with Gasteiger partial charge in [0.15, 0.2) is 0 Å². The number of fused-ring (bicyclic) bond motifs is 2. The van der Waals surface area contributed by atoms with Gasteiger partial charge in [-0.2, -0.15) is 4.31 Å². The van der Waals surface area contributed by atoms with Gasteiger partial charge in [-0.05, 0) is 48.9 Å². The van der Waals surface area contributed by atoms with E-state index in [-0.39, 0.29) is 12.6 Å². The molecule has 3 aromatic rings. The smallest absolute Gasteiger partial charge is 0.414 e. The highest BCUT2D eigenvalue weighted by Crippen LogP contribution is 2.36. The molecule has 2 heterocycles. The van der Waals surface area contributed by atoms with Crippen LogP contribution in [-0.2, 0) is 21.4 Å². The van der Waals surface area contributed by atoms with Gasteiger partial charge in [-0.1, -0.05) is 48.0 Å². The molecule has 0 bridgehead atoms. The number of piperidine rings is 1. The number of sulfonamides is 1. The summed E-state index contributed by atoms with van der Waals surface area (Å²) in [5.74, 6) is 0. The minimum absolute atomic E-state index is 0.151. The predicted molar refractivity (Wildman–Crippen MR) is 125 cm³/mol. The molecule has 1 amide bonds. The largest absolute Gasteiger partial charge is 0.444 e. The third-order valence-corrected chi connectivity index (χ3v) is 8.71. The predicted octanol–water partition coefficient (Wildman–Crippen LogP) is 5.11. The van der Waals surface area contributed by atoms with Crippen molar-refractivity contribution in [2.75, 3.05) is 18.0 Å². The van der Waals surface area contributed by atoms with E-state index in [1.54, 1.807) is 17.0 Å². The van der Waals surface area contributed by atoms with E-state index in [1.165, 1.54) is 4.31 Å². The van der Waals surface area contributed by atoms with E-state index >= 15 is 0 Å². The average molecular weight is 471 g/mol. The summed E-state index contributed by atoms with van der Waals surface area (Å²) in [4.78, 5) is 14.5. The topological polar surface area (TPSA) is 66.9 Å². The van der Waals surface area contributed by atoms with E-state index in [2.05, 4.69) is 0 Å². The molecule has 5 rings (SSSR count). The van der Waals surface area contributed by atoms with Crippen molar-refractivity contribution in [3.63, 3.8) is 0 Å². The van der Waals surface area contributed by atoms with Gasteiger partial charge in [-0.3, -0.25) is 4.90 Å². The third kappa shape index (κ3) is 3.45. The van der Waals surface area contributed by atoms with Crippen molar-refractivity contribution >= 4 is 44.2 Å². The highest BCUT2D eigenvalue weighted by atomic mass is 35.5. The van der Waals surface area contributed by atoms with Gasteiger partial charge in [-0.25, -0.2) is 13.2 Å². The van der Waals surface area contributed by atoms with E-state index in [0.717, 1.165) is 27.6 Å². The molecule has 0 spiro atoms. The second-order valence-electron chi connectivity index (χ2n) is 8.22. The van der Waals surface area contributed by atoms with Crippen LogP contribution in [0.3, 0.4) is 0 Å². The minimum Gasteiger partial charge on any atom is -0.444 e. The zero-order chi connectivity index (χ0) is 22.5. The fraction of sp³-hybridized carbons (Fsp3) is 0.292. The van der Waals surface area contributed by atoms with E-state index in [9.17, 15) is 13.2 Å². The van der Waals surface area contributed by atoms with Gasteiger partial charge < -0.3 is 4.74 Å². The molecular weight excluding hydrogens is 448 g/mol. The van der Waals surface area contributed by atoms with E-state index < -0.39 is 16.1 Å². The van der Waals surface area contributed by atoms with Crippen molar-refractivity contribution in [3.05, 3.63) is 70.7 Å². The summed E-state index contributed by atoms with van der Waals surface area (Å²) in [6.45, 7) is 2.79. The summed E-state index contributed by atoms with van der Waals surface area (Å²) in [6.07, 6.45) is 0.624. The number of cyclic esters (lactones) is 1. The molecule has 32 heavy (non-hydrogen) atoms. The van der Waals surface area contributed by atoms with Crippen molar-refractivity contribution < 1.29 is 17.9 Å². The Labute approximate surface area is 192 Å². The highest BCUT2D eigenvalue weighted by molar-refractivity contribution is 7.89. The lowest BCUT2D eigenvalue weighted by Crippen LogP contribution is -2.50. The molecule has 0 radical (unpaired) electrons. The average Bonchev–Trinajstić information content (AvgIpc) is 2.79. The Morgan fingerprint density at radius 1 is 0.969 bits per heavy atom. The maximum Gasteiger partial charge on any atom is 0.414 e. The molecule has 0 aliphatic carbocycles. The summed E-state index contributed by atoms with van der Waals surface area (Å²) < 4.78 is 33.9. The SMILES string of the molecule is Cc1ccc(S(=O)(=O)N2CCC(N3C(=O)OCc4c(Cl)cccc43)CC2)c2ccccc12. The molecule has 166 valence electrons. The van der Waals surface area contributed by atoms with Gasteiger partial charge in [0, 0.05) is 35.1 Å². The molecule has 0 aromatic heterocycles. The van der Waals surface area contributed by atoms with E-state index in [4.69, 9.17) is 16.3 Å². The first-order chi connectivity index (χ1) is 15.4. The number of halogens is 1. The van der Waals surface area contributed by atoms with Gasteiger partial charge >= 0.3 is 6.09 Å². The number of carbonyl (C=O) groups is 1. The Morgan fingerprint density at radius 2 is 1.69 bits per heavy atom. The Kier molecular flexibility index (Phi) is 5.35. The molecule has 3 aromatic carbocycles. The summed E-state index contributed by atoms with van der Waals surface area (Å²) in [5.41, 5.74) is 2.58. The molecule has 8 heteroatoms. The molecular formula is C24H23ClN2O4S. The second-order valence-corrected chi connectivity index (χ2v) is 10.5. The Bertz CT molecular complexity index is 1320. The fourth-order valence-corrected chi connectivity index (χ4v) is 6.58. The molecule has 0 unspecified atom stereocenters. The van der Waals surface area contributed by atoms with E-state index in [0.29, 0.717) is 35.8 Å². The zero-order valence-corrected chi connectivity index (χ0v) is 19.2. The van der Waals surface area contributed by atoms with Gasteiger partial charge in [-0.15, -0.1) is 0 Å². The number of hydrogen-bond donors (Lipinski definition) is 0. The molecule has 0 saturated carbocycles. The van der Waals surface area contributed by atoms with Crippen LogP contribution in [0.25, 0.3) is 10.8 Å². The van der Waals surface area contributed by atoms with Crippen LogP contribution in [0.15, 0.2) is 59.5 Å². The van der Waals surface area contributed by atoms with Crippen LogP contribution in [-0.4, -0.2) is 37.9 Å². The molecule has 2 aliphatic heterocycles. The zero-order valence-electron chi connectivity index (χ0n) is 17.6. The monoisotopic (exact) mass is 470 g/mol. The summed E-state index contributed by atoms with van der Waals surface area (Å²) >= 11 is 6.30. The number of nitrogens with zero attached hydrogens (tertiary/aromatic N) is 2. The lowest BCUT2D eigenvalue weighted by Gasteiger charge is -2.40. The van der Waals surface area contributed by atoms with Crippen LogP contribution in [0.5, 0.6) is 0 Å². The molecule has 1 saturated heterocycles. The Morgan fingerprint density at radius 3 is 2.44 bits per heavy atom. The number of amides is 1. The highest BCUT2D eigenvalue weighted by Gasteiger charge is 2.38. The minimum atomic E-state index is -3.66. The van der Waals surface area contributed by atoms with Crippen molar-refractivity contribution in [1.29, 1.82) is 0 Å². The Hall–Kier alpha value is -2.61. The van der Waals surface area contributed by atoms with E-state index in [1.807, 2.05) is 49.4 Å². The lowest BCUT2D eigenvalue weighted by molar-refractivity contribution is 0.136. The number of carbonyl (C=O) groups excluding carboxylic acids is 1. The van der Waals surface area contributed by atoms with Gasteiger partial charge in [0.25, 0.3) is 0 Å². The molecule has 2 aliphatic rings. The van der Waals surface area contributed by atoms with Gasteiger partial charge in [0.2, 0.25) is 10.0 Å². The van der Waals surface area contributed by atoms with Crippen LogP contribution in [0, 0.1) is 6.92 Å². The van der Waals surface area contributed by atoms with Crippen LogP contribution >= 0.6 is 11.6 Å². The van der Waals surface area contributed by atoms with Crippen molar-refractivity contribution in [2.45, 2.75) is 37.3 Å². The van der Waals surface area contributed by atoms with Crippen molar-refractivity contribution in [1.82, 2.24) is 4.31 Å². The third-order valence-electron chi connectivity index (χ3n) is 6.40. The number of aryl methyl sites for hydroxylation is 1. The number of ether oxygens (including phenoxy) is 1. The first kappa shape index (κ1) is 21.2. The fourth-order valence-electron chi connectivity index (χ4n) is 4.69. The van der Waals surface area contributed by atoms with Gasteiger partial charge in [0.05, 0.1) is 10.6 Å². The number of anilines is 1. The van der Waals surface area contributed by atoms with Crippen LogP contribution in [0.2, 0.25) is 5.02 Å². The quantitative estimate of drug-likeness (QED) is 0.533. The van der Waals surface area contributed by atoms with Gasteiger partial charge in [0.1, 0.15) is 6.61 Å². The van der Waals surface area contributed by atoms with Crippen molar-refractivity contribution in [2.24, 2.45) is 0 Å². The first-order valence-electron chi connectivity index (χ1n) is 10.6. The standard InChI is InChI=1S/C24H23ClN2O4S/c1-16-9-10-23(19-6-3-2-5-18(16)19)32(29,30)26-13-11-17(12-14-26)27-22-8-4-7-21(25)20(22)15-31-24(27)28/h2-10,17H,11-15H2,1H3. The summed E-state index contributed by atoms with van der Waals surface area (Å²) in [6, 6.07) is 16.4. The number of hydrogen-bond acceptors (Lipinski definition) is 4. The maximum atomic E-state index is 13.5. The molecule has 1 fully saturated rings. The molecule has 0 N–H and O–H groups in total. The number of rotatable bonds is 3. The summed E-state index contributed by atoms with van der Waals surface area (Å²) in [5, 5.41) is 2.23. The molecule has 6 nitrogen and oxygen atoms in total. The lowest BCUT2D eigenvalue weighted by atomic mass is 10.0. The van der Waals surface area contributed by atoms with Crippen molar-refractivity contribution in [3.8, 4) is 0 Å². The number of benzene rings is 3. The Balaban J connectivity index is 1.41. The summed E-state index contributed by atoms with van der Waals surface area (Å²) in [7, 11) is -3.66.